The van der Waals surface area contributed by atoms with Gasteiger partial charge >= 0.3 is 0 Å². The van der Waals surface area contributed by atoms with Crippen molar-refractivity contribution in [1.29, 1.82) is 0 Å². The molecule has 0 radical (unpaired) electrons. The molecule has 0 unspecified atom stereocenters. The molecule has 2 heterocycles. The molecule has 0 aliphatic rings. The molecule has 2 aromatic carbocycles. The van der Waals surface area contributed by atoms with Crippen LogP contribution in [-0.4, -0.2) is 40.8 Å². The first-order chi connectivity index (χ1) is 14.5. The Morgan fingerprint density at radius 2 is 1.93 bits per heavy atom. The molecule has 0 saturated heterocycles. The minimum absolute atomic E-state index is 0.169. The first kappa shape index (κ1) is 20.3. The van der Waals surface area contributed by atoms with Crippen molar-refractivity contribution in [2.75, 3.05) is 25.3 Å². The number of halogens is 1. The normalized spacial score (nSPS) is 11.1. The average molecular weight is 443 g/mol. The van der Waals surface area contributed by atoms with Gasteiger partial charge in [-0.2, -0.15) is 0 Å². The fourth-order valence-corrected chi connectivity index (χ4v) is 4.19. The Morgan fingerprint density at radius 3 is 2.67 bits per heavy atom. The molecule has 30 heavy (non-hydrogen) atoms. The predicted molar refractivity (Wildman–Crippen MR) is 120 cm³/mol. The number of fused-ring (bicyclic) bond motifs is 3. The second-order valence-electron chi connectivity index (χ2n) is 6.60. The molecular weight excluding hydrogens is 424 g/mol. The number of aromatic nitrogens is 3. The van der Waals surface area contributed by atoms with E-state index in [1.165, 1.54) is 18.1 Å². The maximum absolute atomic E-state index is 12.4. The minimum atomic E-state index is -0.169. The van der Waals surface area contributed by atoms with Crippen LogP contribution >= 0.6 is 23.4 Å². The lowest BCUT2D eigenvalue weighted by atomic mass is 10.2. The van der Waals surface area contributed by atoms with Gasteiger partial charge in [-0.05, 0) is 30.7 Å². The van der Waals surface area contributed by atoms with Crippen molar-refractivity contribution < 1.29 is 14.3 Å². The number of rotatable bonds is 6. The second kappa shape index (κ2) is 8.41. The summed E-state index contributed by atoms with van der Waals surface area (Å²) in [7, 11) is 3.18. The number of carbonyl (C=O) groups excluding carboxylic acids is 1. The molecule has 0 aliphatic heterocycles. The predicted octanol–water partition coefficient (Wildman–Crippen LogP) is 4.82. The molecule has 2 N–H and O–H groups in total. The van der Waals surface area contributed by atoms with Gasteiger partial charge in [0.15, 0.2) is 11.5 Å². The van der Waals surface area contributed by atoms with E-state index in [4.69, 9.17) is 21.1 Å². The number of hydrogen-bond acceptors (Lipinski definition) is 6. The number of amides is 1. The number of aryl methyl sites for hydroxylation is 1. The molecular formula is C21H19ClN4O3S. The van der Waals surface area contributed by atoms with Gasteiger partial charge in [-0.25, -0.2) is 9.97 Å². The zero-order valence-corrected chi connectivity index (χ0v) is 18.1. The number of aromatic amines is 1. The Labute approximate surface area is 182 Å². The van der Waals surface area contributed by atoms with Gasteiger partial charge in [-0.15, -0.1) is 0 Å². The Hall–Kier alpha value is -2.97. The van der Waals surface area contributed by atoms with Gasteiger partial charge in [0, 0.05) is 11.5 Å². The standard InChI is InChI=1S/C21H19ClN4O3S/c1-11-4-5-14(13(22)6-11)25-18(27)9-30-21-20-19(23-10-24-21)12-7-16(28-2)17(29-3)8-15(12)26-20/h4-8,10,26H,9H2,1-3H3,(H,25,27). The highest BCUT2D eigenvalue weighted by Crippen LogP contribution is 2.37. The summed E-state index contributed by atoms with van der Waals surface area (Å²) in [6.45, 7) is 1.94. The molecule has 0 fully saturated rings. The number of hydrogen-bond donors (Lipinski definition) is 2. The van der Waals surface area contributed by atoms with Crippen LogP contribution in [-0.2, 0) is 4.79 Å². The summed E-state index contributed by atoms with van der Waals surface area (Å²) in [4.78, 5) is 24.5. The molecule has 0 atom stereocenters. The van der Waals surface area contributed by atoms with E-state index in [9.17, 15) is 4.79 Å². The SMILES string of the molecule is COc1cc2[nH]c3c(SCC(=O)Nc4ccc(C)cc4Cl)ncnc3c2cc1OC. The number of nitrogens with zero attached hydrogens (tertiary/aromatic N) is 2. The highest BCUT2D eigenvalue weighted by molar-refractivity contribution is 8.00. The molecule has 0 bridgehead atoms. The summed E-state index contributed by atoms with van der Waals surface area (Å²) in [5.74, 6) is 1.25. The molecule has 0 spiro atoms. The number of nitrogens with one attached hydrogen (secondary N) is 2. The maximum atomic E-state index is 12.4. The van der Waals surface area contributed by atoms with Crippen molar-refractivity contribution in [3.8, 4) is 11.5 Å². The van der Waals surface area contributed by atoms with Gasteiger partial charge in [0.25, 0.3) is 0 Å². The van der Waals surface area contributed by atoms with Crippen LogP contribution in [0.3, 0.4) is 0 Å². The summed E-state index contributed by atoms with van der Waals surface area (Å²) in [6.07, 6.45) is 1.49. The topological polar surface area (TPSA) is 89.1 Å². The van der Waals surface area contributed by atoms with Gasteiger partial charge in [-0.1, -0.05) is 29.4 Å². The van der Waals surface area contributed by atoms with Crippen LogP contribution in [0.4, 0.5) is 5.69 Å². The minimum Gasteiger partial charge on any atom is -0.493 e. The third-order valence-electron chi connectivity index (χ3n) is 4.59. The first-order valence-corrected chi connectivity index (χ1v) is 10.4. The monoisotopic (exact) mass is 442 g/mol. The zero-order valence-electron chi connectivity index (χ0n) is 16.6. The fraction of sp³-hybridized carbons (Fsp3) is 0.190. The van der Waals surface area contributed by atoms with E-state index in [2.05, 4.69) is 20.3 Å². The molecule has 0 aliphatic carbocycles. The summed E-state index contributed by atoms with van der Waals surface area (Å²) in [5.41, 5.74) is 3.98. The van der Waals surface area contributed by atoms with E-state index < -0.39 is 0 Å². The largest absolute Gasteiger partial charge is 0.493 e. The third kappa shape index (κ3) is 3.88. The van der Waals surface area contributed by atoms with Gasteiger partial charge in [-0.3, -0.25) is 4.79 Å². The van der Waals surface area contributed by atoms with E-state index >= 15 is 0 Å². The number of H-pyrrole nitrogens is 1. The summed E-state index contributed by atoms with van der Waals surface area (Å²) in [5, 5.41) is 4.92. The van der Waals surface area contributed by atoms with Crippen LogP contribution in [0.1, 0.15) is 5.56 Å². The summed E-state index contributed by atoms with van der Waals surface area (Å²) in [6, 6.07) is 9.24. The van der Waals surface area contributed by atoms with Gasteiger partial charge < -0.3 is 19.8 Å². The lowest BCUT2D eigenvalue weighted by Crippen LogP contribution is -2.14. The van der Waals surface area contributed by atoms with Crippen LogP contribution in [0.5, 0.6) is 11.5 Å². The van der Waals surface area contributed by atoms with Gasteiger partial charge in [0.05, 0.1) is 41.7 Å². The molecule has 0 saturated carbocycles. The highest BCUT2D eigenvalue weighted by atomic mass is 35.5. The van der Waals surface area contributed by atoms with E-state index in [0.29, 0.717) is 27.2 Å². The number of carbonyl (C=O) groups is 1. The van der Waals surface area contributed by atoms with Crippen LogP contribution in [0.25, 0.3) is 21.9 Å². The van der Waals surface area contributed by atoms with Crippen molar-refractivity contribution in [3.63, 3.8) is 0 Å². The highest BCUT2D eigenvalue weighted by Gasteiger charge is 2.16. The van der Waals surface area contributed by atoms with Crippen molar-refractivity contribution in [1.82, 2.24) is 15.0 Å². The Bertz CT molecular complexity index is 1260. The van der Waals surface area contributed by atoms with Gasteiger partial charge in [0.1, 0.15) is 16.9 Å². The van der Waals surface area contributed by atoms with Crippen LogP contribution in [0.15, 0.2) is 41.7 Å². The Kier molecular flexibility index (Phi) is 5.69. The number of thioether (sulfide) groups is 1. The summed E-state index contributed by atoms with van der Waals surface area (Å²) < 4.78 is 10.8. The van der Waals surface area contributed by atoms with Crippen molar-refractivity contribution in [2.24, 2.45) is 0 Å². The van der Waals surface area contributed by atoms with E-state index in [0.717, 1.165) is 27.5 Å². The summed E-state index contributed by atoms with van der Waals surface area (Å²) >= 11 is 7.52. The average Bonchev–Trinajstić information content (AvgIpc) is 3.11. The molecule has 154 valence electrons. The quantitative estimate of drug-likeness (QED) is 0.328. The molecule has 2 aromatic heterocycles. The molecule has 4 aromatic rings. The number of benzene rings is 2. The Morgan fingerprint density at radius 1 is 1.17 bits per heavy atom. The van der Waals surface area contributed by atoms with E-state index in [1.807, 2.05) is 31.2 Å². The van der Waals surface area contributed by atoms with Crippen LogP contribution in [0, 0.1) is 6.92 Å². The smallest absolute Gasteiger partial charge is 0.234 e. The fourth-order valence-electron chi connectivity index (χ4n) is 3.15. The molecule has 7 nitrogen and oxygen atoms in total. The van der Waals surface area contributed by atoms with Crippen molar-refractivity contribution in [2.45, 2.75) is 11.9 Å². The lowest BCUT2D eigenvalue weighted by molar-refractivity contribution is -0.113. The van der Waals surface area contributed by atoms with E-state index in [-0.39, 0.29) is 11.7 Å². The zero-order chi connectivity index (χ0) is 21.3. The van der Waals surface area contributed by atoms with Crippen molar-refractivity contribution in [3.05, 3.63) is 47.2 Å². The van der Waals surface area contributed by atoms with Crippen LogP contribution < -0.4 is 14.8 Å². The van der Waals surface area contributed by atoms with Crippen molar-refractivity contribution >= 4 is 56.9 Å². The Balaban J connectivity index is 1.59. The molecule has 1 amide bonds. The van der Waals surface area contributed by atoms with Gasteiger partial charge in [0.2, 0.25) is 5.91 Å². The molecule has 9 heteroatoms. The lowest BCUT2D eigenvalue weighted by Gasteiger charge is -2.08. The maximum Gasteiger partial charge on any atom is 0.234 e. The molecule has 4 rings (SSSR count). The number of anilines is 1. The third-order valence-corrected chi connectivity index (χ3v) is 5.89. The number of methoxy groups -OCH3 is 2. The number of ether oxygens (including phenoxy) is 2. The van der Waals surface area contributed by atoms with Crippen LogP contribution in [0.2, 0.25) is 5.02 Å². The van der Waals surface area contributed by atoms with E-state index in [1.54, 1.807) is 20.3 Å². The first-order valence-electron chi connectivity index (χ1n) is 9.07. The second-order valence-corrected chi connectivity index (χ2v) is 7.97.